The van der Waals surface area contributed by atoms with Gasteiger partial charge >= 0.3 is 0 Å². The lowest BCUT2D eigenvalue weighted by molar-refractivity contribution is -0.126. The van der Waals surface area contributed by atoms with Crippen molar-refractivity contribution in [3.05, 3.63) is 52.6 Å². The van der Waals surface area contributed by atoms with Crippen molar-refractivity contribution in [2.45, 2.75) is 45.6 Å². The average Bonchev–Trinajstić information content (AvgIpc) is 2.66. The van der Waals surface area contributed by atoms with Gasteiger partial charge in [-0.3, -0.25) is 4.79 Å². The standard InChI is InChI=1S/C20H23N3O2/c1-13-16-7-3-4-8-17(16)23-19(22-13)11-21-20(24)15-10-14-6-2-5-9-18(14)25-12-15/h2,5-6,9,15H,3-4,7-8,10-12H2,1H3,(H,21,24)/t15-/m0/s1. The summed E-state index contributed by atoms with van der Waals surface area (Å²) in [6.07, 6.45) is 5.22. The molecular formula is C20H23N3O2. The van der Waals surface area contributed by atoms with Gasteiger partial charge in [-0.2, -0.15) is 0 Å². The molecule has 1 aromatic heterocycles. The van der Waals surface area contributed by atoms with Crippen molar-refractivity contribution in [2.24, 2.45) is 5.92 Å². The van der Waals surface area contributed by atoms with Gasteiger partial charge in [0.25, 0.3) is 0 Å². The van der Waals surface area contributed by atoms with E-state index in [2.05, 4.69) is 15.3 Å². The highest BCUT2D eigenvalue weighted by molar-refractivity contribution is 5.79. The summed E-state index contributed by atoms with van der Waals surface area (Å²) in [6, 6.07) is 7.90. The number of fused-ring (bicyclic) bond motifs is 2. The molecule has 5 nitrogen and oxygen atoms in total. The summed E-state index contributed by atoms with van der Waals surface area (Å²) in [6.45, 7) is 2.85. The first-order valence-electron chi connectivity index (χ1n) is 9.04. The zero-order chi connectivity index (χ0) is 17.2. The Morgan fingerprint density at radius 2 is 2.08 bits per heavy atom. The molecule has 2 aliphatic rings. The van der Waals surface area contributed by atoms with Gasteiger partial charge in [0.2, 0.25) is 5.91 Å². The van der Waals surface area contributed by atoms with Crippen molar-refractivity contribution >= 4 is 5.91 Å². The Labute approximate surface area is 147 Å². The Hall–Kier alpha value is -2.43. The molecule has 4 rings (SSSR count). The van der Waals surface area contributed by atoms with Crippen LogP contribution < -0.4 is 10.1 Å². The molecular weight excluding hydrogens is 314 g/mol. The van der Waals surface area contributed by atoms with Crippen LogP contribution in [-0.2, 0) is 30.6 Å². The van der Waals surface area contributed by atoms with E-state index in [1.165, 1.54) is 18.4 Å². The van der Waals surface area contributed by atoms with Crippen LogP contribution in [-0.4, -0.2) is 22.5 Å². The Bertz CT molecular complexity index is 804. The summed E-state index contributed by atoms with van der Waals surface area (Å²) in [7, 11) is 0. The monoisotopic (exact) mass is 337 g/mol. The first-order valence-corrected chi connectivity index (χ1v) is 9.04. The van der Waals surface area contributed by atoms with Crippen molar-refractivity contribution in [1.82, 2.24) is 15.3 Å². The number of ether oxygens (including phenoxy) is 1. The van der Waals surface area contributed by atoms with Crippen LogP contribution in [0.15, 0.2) is 24.3 Å². The summed E-state index contributed by atoms with van der Waals surface area (Å²) >= 11 is 0. The lowest BCUT2D eigenvalue weighted by Crippen LogP contribution is -2.37. The highest BCUT2D eigenvalue weighted by Gasteiger charge is 2.26. The predicted molar refractivity (Wildman–Crippen MR) is 94.4 cm³/mol. The fourth-order valence-electron chi connectivity index (χ4n) is 3.73. The van der Waals surface area contributed by atoms with Crippen molar-refractivity contribution in [2.75, 3.05) is 6.61 Å². The molecule has 1 aromatic carbocycles. The number of carbonyl (C=O) groups is 1. The molecule has 2 heterocycles. The Kier molecular flexibility index (Phi) is 4.38. The lowest BCUT2D eigenvalue weighted by Gasteiger charge is -2.24. The number of hydrogen-bond donors (Lipinski definition) is 1. The molecule has 1 atom stereocenters. The van der Waals surface area contributed by atoms with Gasteiger partial charge in [-0.25, -0.2) is 9.97 Å². The second-order valence-corrected chi connectivity index (χ2v) is 6.90. The van der Waals surface area contributed by atoms with Gasteiger partial charge in [0, 0.05) is 11.4 Å². The molecule has 0 radical (unpaired) electrons. The number of nitrogens with one attached hydrogen (secondary N) is 1. The van der Waals surface area contributed by atoms with Crippen LogP contribution in [0, 0.1) is 12.8 Å². The third-order valence-corrected chi connectivity index (χ3v) is 5.11. The maximum Gasteiger partial charge on any atom is 0.227 e. The van der Waals surface area contributed by atoms with E-state index in [9.17, 15) is 4.79 Å². The number of nitrogens with zero attached hydrogens (tertiary/aromatic N) is 2. The number of para-hydroxylation sites is 1. The number of hydrogen-bond acceptors (Lipinski definition) is 4. The fourth-order valence-corrected chi connectivity index (χ4v) is 3.73. The van der Waals surface area contributed by atoms with Gasteiger partial charge in [-0.15, -0.1) is 0 Å². The fraction of sp³-hybridized carbons (Fsp3) is 0.450. The van der Waals surface area contributed by atoms with Crippen LogP contribution in [0.4, 0.5) is 0 Å². The van der Waals surface area contributed by atoms with Crippen LogP contribution in [0.2, 0.25) is 0 Å². The normalized spacial score (nSPS) is 18.7. The van der Waals surface area contributed by atoms with Crippen LogP contribution in [0.25, 0.3) is 0 Å². The SMILES string of the molecule is Cc1nc(CNC(=O)[C@@H]2COc3ccccc3C2)nc2c1CCCC2. The molecule has 0 unspecified atom stereocenters. The highest BCUT2D eigenvalue weighted by Crippen LogP contribution is 2.27. The Morgan fingerprint density at radius 1 is 1.24 bits per heavy atom. The second kappa shape index (κ2) is 6.82. The number of benzene rings is 1. The molecule has 1 aliphatic carbocycles. The molecule has 0 bridgehead atoms. The first-order chi connectivity index (χ1) is 12.2. The zero-order valence-electron chi connectivity index (χ0n) is 14.5. The molecule has 1 amide bonds. The molecule has 130 valence electrons. The number of amides is 1. The number of rotatable bonds is 3. The smallest absolute Gasteiger partial charge is 0.227 e. The molecule has 0 saturated heterocycles. The summed E-state index contributed by atoms with van der Waals surface area (Å²) in [5.41, 5.74) is 4.62. The van der Waals surface area contributed by atoms with E-state index >= 15 is 0 Å². The topological polar surface area (TPSA) is 64.1 Å². The minimum atomic E-state index is -0.159. The van der Waals surface area contributed by atoms with Crippen molar-refractivity contribution in [3.63, 3.8) is 0 Å². The minimum absolute atomic E-state index is 0.00785. The number of aryl methyl sites for hydroxylation is 2. The van der Waals surface area contributed by atoms with E-state index < -0.39 is 0 Å². The molecule has 5 heteroatoms. The molecule has 2 aromatic rings. The van der Waals surface area contributed by atoms with E-state index in [1.54, 1.807) is 0 Å². The van der Waals surface area contributed by atoms with Crippen LogP contribution >= 0.6 is 0 Å². The summed E-state index contributed by atoms with van der Waals surface area (Å²) < 4.78 is 5.71. The molecule has 25 heavy (non-hydrogen) atoms. The van der Waals surface area contributed by atoms with Crippen LogP contribution in [0.5, 0.6) is 5.75 Å². The van der Waals surface area contributed by atoms with Gasteiger partial charge in [0.05, 0.1) is 12.5 Å². The van der Waals surface area contributed by atoms with Crippen LogP contribution in [0.1, 0.15) is 41.2 Å². The molecule has 0 fully saturated rings. The van der Waals surface area contributed by atoms with E-state index in [4.69, 9.17) is 4.74 Å². The molecule has 1 aliphatic heterocycles. The van der Waals surface area contributed by atoms with Gasteiger partial charge < -0.3 is 10.1 Å². The predicted octanol–water partition coefficient (Wildman–Crippen LogP) is 2.53. The zero-order valence-corrected chi connectivity index (χ0v) is 14.5. The average molecular weight is 337 g/mol. The number of aromatic nitrogens is 2. The van der Waals surface area contributed by atoms with E-state index in [1.807, 2.05) is 31.2 Å². The highest BCUT2D eigenvalue weighted by atomic mass is 16.5. The van der Waals surface area contributed by atoms with E-state index in [0.29, 0.717) is 25.4 Å². The Balaban J connectivity index is 1.40. The van der Waals surface area contributed by atoms with E-state index in [-0.39, 0.29) is 11.8 Å². The first kappa shape index (κ1) is 16.1. The van der Waals surface area contributed by atoms with Gasteiger partial charge in [0.15, 0.2) is 0 Å². The van der Waals surface area contributed by atoms with Gasteiger partial charge in [-0.05, 0) is 56.2 Å². The molecule has 0 spiro atoms. The maximum atomic E-state index is 12.5. The third kappa shape index (κ3) is 3.36. The largest absolute Gasteiger partial charge is 0.492 e. The third-order valence-electron chi connectivity index (χ3n) is 5.11. The minimum Gasteiger partial charge on any atom is -0.492 e. The maximum absolute atomic E-state index is 12.5. The van der Waals surface area contributed by atoms with Crippen molar-refractivity contribution < 1.29 is 9.53 Å². The van der Waals surface area contributed by atoms with Gasteiger partial charge in [0.1, 0.15) is 18.2 Å². The molecule has 1 N–H and O–H groups in total. The lowest BCUT2D eigenvalue weighted by atomic mass is 9.95. The quantitative estimate of drug-likeness (QED) is 0.935. The number of carbonyl (C=O) groups excluding carboxylic acids is 1. The van der Waals surface area contributed by atoms with Crippen molar-refractivity contribution in [1.29, 1.82) is 0 Å². The second-order valence-electron chi connectivity index (χ2n) is 6.90. The Morgan fingerprint density at radius 3 is 3.00 bits per heavy atom. The summed E-state index contributed by atoms with van der Waals surface area (Å²) in [5, 5.41) is 2.99. The molecule has 0 saturated carbocycles. The van der Waals surface area contributed by atoms with Gasteiger partial charge in [-0.1, -0.05) is 18.2 Å². The summed E-state index contributed by atoms with van der Waals surface area (Å²) in [4.78, 5) is 21.8. The van der Waals surface area contributed by atoms with Crippen LogP contribution in [0.3, 0.4) is 0 Å². The van der Waals surface area contributed by atoms with E-state index in [0.717, 1.165) is 35.5 Å². The van der Waals surface area contributed by atoms with Crippen molar-refractivity contribution in [3.8, 4) is 5.75 Å². The summed E-state index contributed by atoms with van der Waals surface area (Å²) in [5.74, 6) is 1.45.